The van der Waals surface area contributed by atoms with Crippen LogP contribution in [0.3, 0.4) is 0 Å². The lowest BCUT2D eigenvalue weighted by Crippen LogP contribution is -2.34. The number of nitrogens with zero attached hydrogens (tertiary/aromatic N) is 2. The van der Waals surface area contributed by atoms with Crippen LogP contribution in [-0.4, -0.2) is 30.2 Å². The molecule has 0 spiro atoms. The molecule has 0 aromatic rings. The van der Waals surface area contributed by atoms with Gasteiger partial charge in [0.2, 0.25) is 0 Å². The molecule has 0 bridgehead atoms. The fraction of sp³-hybridized carbons (Fsp3) is 0.333. The number of carbonyl (C=O) groups excluding carboxylic acids is 1. The predicted octanol–water partition coefficient (Wildman–Crippen LogP) is 1.13. The Hall–Kier alpha value is -1.58. The molecule has 0 radical (unpaired) electrons. The van der Waals surface area contributed by atoms with Gasteiger partial charge >= 0.3 is 6.03 Å². The lowest BCUT2D eigenvalue weighted by atomic mass is 10.2. The molecular formula is C9H13N3O. The molecule has 0 aromatic carbocycles. The second-order valence-corrected chi connectivity index (χ2v) is 2.84. The molecule has 0 aromatic heterocycles. The van der Waals surface area contributed by atoms with Crippen molar-refractivity contribution in [3.8, 4) is 0 Å². The van der Waals surface area contributed by atoms with E-state index in [1.807, 2.05) is 0 Å². The predicted molar refractivity (Wildman–Crippen MR) is 52.6 cm³/mol. The van der Waals surface area contributed by atoms with Crippen LogP contribution in [0, 0.1) is 0 Å². The van der Waals surface area contributed by atoms with Crippen molar-refractivity contribution in [3.05, 3.63) is 25.1 Å². The number of carbonyl (C=O) groups is 1. The van der Waals surface area contributed by atoms with Crippen LogP contribution in [0.5, 0.6) is 0 Å². The average Bonchev–Trinajstić information content (AvgIpc) is 2.20. The molecule has 0 aliphatic carbocycles. The highest BCUT2D eigenvalue weighted by atomic mass is 16.2. The molecule has 1 heterocycles. The fourth-order valence-electron chi connectivity index (χ4n) is 1.08. The summed E-state index contributed by atoms with van der Waals surface area (Å²) in [6.07, 6.45) is 2.16. The highest BCUT2D eigenvalue weighted by molar-refractivity contribution is 6.03. The quantitative estimate of drug-likeness (QED) is 0.644. The van der Waals surface area contributed by atoms with E-state index in [4.69, 9.17) is 0 Å². The number of aliphatic imine (C=N–C) groups is 1. The molecule has 0 atom stereocenters. The van der Waals surface area contributed by atoms with Crippen LogP contribution in [0.15, 0.2) is 30.0 Å². The van der Waals surface area contributed by atoms with E-state index < -0.39 is 0 Å². The average molecular weight is 179 g/mol. The summed E-state index contributed by atoms with van der Waals surface area (Å²) in [6, 6.07) is -0.140. The van der Waals surface area contributed by atoms with Crippen LogP contribution in [0.25, 0.3) is 0 Å². The number of allylic oxidation sites excluding steroid dienone is 1. The Morgan fingerprint density at radius 3 is 3.00 bits per heavy atom. The van der Waals surface area contributed by atoms with Gasteiger partial charge in [0, 0.05) is 26.2 Å². The maximum absolute atomic E-state index is 11.2. The topological polar surface area (TPSA) is 44.7 Å². The Labute approximate surface area is 77.6 Å². The number of amides is 2. The summed E-state index contributed by atoms with van der Waals surface area (Å²) < 4.78 is 0. The minimum Gasteiger partial charge on any atom is -0.327 e. The third-order valence-electron chi connectivity index (χ3n) is 1.88. The SMILES string of the molecule is C=CN=C1CCN(C)C(=O)NC1=C. The van der Waals surface area contributed by atoms with Crippen molar-refractivity contribution >= 4 is 11.7 Å². The second-order valence-electron chi connectivity index (χ2n) is 2.84. The first kappa shape index (κ1) is 9.51. The molecule has 2 amide bonds. The number of hydrogen-bond acceptors (Lipinski definition) is 2. The van der Waals surface area contributed by atoms with E-state index in [-0.39, 0.29) is 6.03 Å². The summed E-state index contributed by atoms with van der Waals surface area (Å²) in [6.45, 7) is 7.88. The molecule has 1 fully saturated rings. The molecule has 4 nitrogen and oxygen atoms in total. The monoisotopic (exact) mass is 179 g/mol. The minimum absolute atomic E-state index is 0.140. The van der Waals surface area contributed by atoms with Crippen molar-refractivity contribution in [2.45, 2.75) is 6.42 Å². The summed E-state index contributed by atoms with van der Waals surface area (Å²) in [7, 11) is 1.74. The van der Waals surface area contributed by atoms with Gasteiger partial charge in [-0.15, -0.1) is 0 Å². The molecule has 13 heavy (non-hydrogen) atoms. The highest BCUT2D eigenvalue weighted by Crippen LogP contribution is 2.05. The lowest BCUT2D eigenvalue weighted by molar-refractivity contribution is 0.215. The van der Waals surface area contributed by atoms with E-state index >= 15 is 0 Å². The maximum atomic E-state index is 11.2. The zero-order chi connectivity index (χ0) is 9.84. The summed E-state index contributed by atoms with van der Waals surface area (Å²) >= 11 is 0. The summed E-state index contributed by atoms with van der Waals surface area (Å²) in [5, 5.41) is 2.64. The van der Waals surface area contributed by atoms with Crippen molar-refractivity contribution in [3.63, 3.8) is 0 Å². The van der Waals surface area contributed by atoms with Gasteiger partial charge in [-0.2, -0.15) is 0 Å². The molecule has 0 saturated carbocycles. The fourth-order valence-corrected chi connectivity index (χ4v) is 1.08. The van der Waals surface area contributed by atoms with Crippen LogP contribution >= 0.6 is 0 Å². The first-order chi connectivity index (χ1) is 6.15. The van der Waals surface area contributed by atoms with Crippen LogP contribution in [0.4, 0.5) is 4.79 Å². The largest absolute Gasteiger partial charge is 0.327 e. The Morgan fingerprint density at radius 2 is 2.38 bits per heavy atom. The smallest absolute Gasteiger partial charge is 0.321 e. The highest BCUT2D eigenvalue weighted by Gasteiger charge is 2.17. The van der Waals surface area contributed by atoms with E-state index in [1.54, 1.807) is 11.9 Å². The van der Waals surface area contributed by atoms with Gasteiger partial charge in [0.1, 0.15) is 0 Å². The molecule has 4 heteroatoms. The lowest BCUT2D eigenvalue weighted by Gasteiger charge is -2.11. The number of nitrogens with one attached hydrogen (secondary N) is 1. The van der Waals surface area contributed by atoms with Gasteiger partial charge in [0.25, 0.3) is 0 Å². The molecule has 1 N–H and O–H groups in total. The van der Waals surface area contributed by atoms with Crippen LogP contribution < -0.4 is 5.32 Å². The summed E-state index contributed by atoms with van der Waals surface area (Å²) in [4.78, 5) is 16.9. The van der Waals surface area contributed by atoms with Gasteiger partial charge in [0.05, 0.1) is 11.4 Å². The molecule has 70 valence electrons. The van der Waals surface area contributed by atoms with Crippen molar-refractivity contribution in [2.24, 2.45) is 4.99 Å². The summed E-state index contributed by atoms with van der Waals surface area (Å²) in [5.41, 5.74) is 1.35. The number of urea groups is 1. The minimum atomic E-state index is -0.140. The van der Waals surface area contributed by atoms with Gasteiger partial charge in [-0.05, 0) is 0 Å². The second kappa shape index (κ2) is 3.89. The zero-order valence-corrected chi connectivity index (χ0v) is 7.71. The van der Waals surface area contributed by atoms with Crippen LogP contribution in [-0.2, 0) is 0 Å². The van der Waals surface area contributed by atoms with E-state index in [2.05, 4.69) is 23.5 Å². The van der Waals surface area contributed by atoms with Gasteiger partial charge < -0.3 is 10.2 Å². The first-order valence-electron chi connectivity index (χ1n) is 4.04. The van der Waals surface area contributed by atoms with Crippen LogP contribution in [0.1, 0.15) is 6.42 Å². The van der Waals surface area contributed by atoms with Crippen molar-refractivity contribution in [1.82, 2.24) is 10.2 Å². The summed E-state index contributed by atoms with van der Waals surface area (Å²) in [5.74, 6) is 0. The zero-order valence-electron chi connectivity index (χ0n) is 7.71. The van der Waals surface area contributed by atoms with Gasteiger partial charge in [-0.25, -0.2) is 4.79 Å². The Kier molecular flexibility index (Phi) is 2.84. The third-order valence-corrected chi connectivity index (χ3v) is 1.88. The van der Waals surface area contributed by atoms with Gasteiger partial charge in [-0.3, -0.25) is 4.99 Å². The van der Waals surface area contributed by atoms with E-state index in [1.165, 1.54) is 6.20 Å². The molecule has 1 saturated heterocycles. The van der Waals surface area contributed by atoms with Gasteiger partial charge in [-0.1, -0.05) is 13.2 Å². The first-order valence-corrected chi connectivity index (χ1v) is 4.04. The van der Waals surface area contributed by atoms with Crippen molar-refractivity contribution in [2.75, 3.05) is 13.6 Å². The Balaban J connectivity index is 2.83. The third kappa shape index (κ3) is 2.18. The van der Waals surface area contributed by atoms with Crippen molar-refractivity contribution in [1.29, 1.82) is 0 Å². The molecular weight excluding hydrogens is 166 g/mol. The van der Waals surface area contributed by atoms with E-state index in [0.717, 1.165) is 5.71 Å². The van der Waals surface area contributed by atoms with Crippen molar-refractivity contribution < 1.29 is 4.79 Å². The Morgan fingerprint density at radius 1 is 1.69 bits per heavy atom. The van der Waals surface area contributed by atoms with Gasteiger partial charge in [0.15, 0.2) is 0 Å². The molecule has 1 aliphatic rings. The standard InChI is InChI=1S/C9H13N3O/c1-4-10-8-5-6-12(3)9(13)11-7(8)2/h4H,1-2,5-6H2,3H3,(H,11,13). The van der Waals surface area contributed by atoms with E-state index in [0.29, 0.717) is 18.7 Å². The molecule has 0 unspecified atom stereocenters. The Bertz CT molecular complexity index is 281. The molecule has 1 rings (SSSR count). The van der Waals surface area contributed by atoms with E-state index in [9.17, 15) is 4.79 Å². The number of hydrogen-bond donors (Lipinski definition) is 1. The maximum Gasteiger partial charge on any atom is 0.321 e. The van der Waals surface area contributed by atoms with Crippen LogP contribution in [0.2, 0.25) is 0 Å². The molecule has 1 aliphatic heterocycles. The normalized spacial score (nSPS) is 21.3. The number of rotatable bonds is 1.